The van der Waals surface area contributed by atoms with Gasteiger partial charge in [-0.25, -0.2) is 4.98 Å². The molecule has 0 atom stereocenters. The maximum atomic E-state index is 5.91. The smallest absolute Gasteiger partial charge is 0.153 e. The molecule has 2 aromatic carbocycles. The van der Waals surface area contributed by atoms with Crippen molar-refractivity contribution in [3.05, 3.63) is 78.9 Å². The Bertz CT molecular complexity index is 1010. The molecule has 0 saturated carbocycles. The maximum Gasteiger partial charge on any atom is 0.153 e. The van der Waals surface area contributed by atoms with Crippen LogP contribution in [0.3, 0.4) is 0 Å². The van der Waals surface area contributed by atoms with Gasteiger partial charge in [-0.3, -0.25) is 0 Å². The molecule has 3 heterocycles. The summed E-state index contributed by atoms with van der Waals surface area (Å²) in [6.45, 7) is 0. The number of furan rings is 2. The fourth-order valence-electron chi connectivity index (χ4n) is 2.93. The molecule has 0 unspecified atom stereocenters. The van der Waals surface area contributed by atoms with E-state index in [0.29, 0.717) is 0 Å². The third-order valence-electron chi connectivity index (χ3n) is 4.11. The first kappa shape index (κ1) is 13.1. The lowest BCUT2D eigenvalue weighted by atomic mass is 10.2. The highest BCUT2D eigenvalue weighted by Gasteiger charge is 2.11. The summed E-state index contributed by atoms with van der Waals surface area (Å²) in [6, 6.07) is 25.8. The standard InChI is InChI=1S/C21H13NO2/c1-3-10-18-14(6-1)12-20(23-18)16-8-5-9-17(22-16)21-13-15-7-2-4-11-19(15)24-21/h1-13H. The van der Waals surface area contributed by atoms with Crippen LogP contribution in [0.4, 0.5) is 0 Å². The summed E-state index contributed by atoms with van der Waals surface area (Å²) >= 11 is 0. The summed E-state index contributed by atoms with van der Waals surface area (Å²) in [4.78, 5) is 4.72. The van der Waals surface area contributed by atoms with E-state index >= 15 is 0 Å². The van der Waals surface area contributed by atoms with Crippen LogP contribution in [0, 0.1) is 0 Å². The molecule has 3 nitrogen and oxygen atoms in total. The molecular weight excluding hydrogens is 298 g/mol. The number of hydrogen-bond donors (Lipinski definition) is 0. The minimum absolute atomic E-state index is 0.758. The molecule has 0 saturated heterocycles. The predicted octanol–water partition coefficient (Wildman–Crippen LogP) is 5.91. The quantitative estimate of drug-likeness (QED) is 0.407. The Kier molecular flexibility index (Phi) is 2.79. The Hall–Kier alpha value is -3.33. The number of pyridine rings is 1. The van der Waals surface area contributed by atoms with Crippen LogP contribution < -0.4 is 0 Å². The minimum atomic E-state index is 0.758. The number of rotatable bonds is 2. The largest absolute Gasteiger partial charge is 0.454 e. The summed E-state index contributed by atoms with van der Waals surface area (Å²) in [5.74, 6) is 1.52. The van der Waals surface area contributed by atoms with Crippen molar-refractivity contribution < 1.29 is 8.83 Å². The van der Waals surface area contributed by atoms with E-state index < -0.39 is 0 Å². The highest BCUT2D eigenvalue weighted by atomic mass is 16.3. The first-order valence-electron chi connectivity index (χ1n) is 7.82. The molecule has 114 valence electrons. The van der Waals surface area contributed by atoms with Crippen LogP contribution in [0.1, 0.15) is 0 Å². The van der Waals surface area contributed by atoms with Crippen molar-refractivity contribution in [1.82, 2.24) is 4.98 Å². The SMILES string of the molecule is c1cc(-c2cc3ccccc3o2)nc(-c2cc3ccccc3o2)c1. The van der Waals surface area contributed by atoms with Crippen molar-refractivity contribution in [2.24, 2.45) is 0 Å². The molecule has 0 aliphatic carbocycles. The van der Waals surface area contributed by atoms with E-state index in [1.165, 1.54) is 0 Å². The monoisotopic (exact) mass is 311 g/mol. The lowest BCUT2D eigenvalue weighted by Crippen LogP contribution is -1.84. The van der Waals surface area contributed by atoms with Crippen LogP contribution in [0.25, 0.3) is 44.8 Å². The van der Waals surface area contributed by atoms with Crippen LogP contribution in [0.15, 0.2) is 87.7 Å². The molecule has 5 aromatic rings. The Morgan fingerprint density at radius 2 is 1.04 bits per heavy atom. The van der Waals surface area contributed by atoms with Gasteiger partial charge >= 0.3 is 0 Å². The average molecular weight is 311 g/mol. The second kappa shape index (κ2) is 5.10. The third-order valence-corrected chi connectivity index (χ3v) is 4.11. The van der Waals surface area contributed by atoms with Gasteiger partial charge in [0.15, 0.2) is 11.5 Å². The van der Waals surface area contributed by atoms with Gasteiger partial charge in [0.1, 0.15) is 22.6 Å². The van der Waals surface area contributed by atoms with E-state index in [1.54, 1.807) is 0 Å². The van der Waals surface area contributed by atoms with Crippen molar-refractivity contribution in [1.29, 1.82) is 0 Å². The Morgan fingerprint density at radius 1 is 0.542 bits per heavy atom. The van der Waals surface area contributed by atoms with Gasteiger partial charge in [0.2, 0.25) is 0 Å². The van der Waals surface area contributed by atoms with E-state index in [-0.39, 0.29) is 0 Å². The van der Waals surface area contributed by atoms with E-state index in [9.17, 15) is 0 Å². The van der Waals surface area contributed by atoms with Crippen LogP contribution in [-0.2, 0) is 0 Å². The van der Waals surface area contributed by atoms with Gasteiger partial charge in [-0.2, -0.15) is 0 Å². The molecule has 3 heteroatoms. The number of aromatic nitrogens is 1. The van der Waals surface area contributed by atoms with Crippen LogP contribution in [0.2, 0.25) is 0 Å². The number of para-hydroxylation sites is 2. The Balaban J connectivity index is 1.62. The van der Waals surface area contributed by atoms with Gasteiger partial charge < -0.3 is 8.83 Å². The van der Waals surface area contributed by atoms with E-state index in [2.05, 4.69) is 0 Å². The average Bonchev–Trinajstić information content (AvgIpc) is 3.26. The molecule has 0 spiro atoms. The van der Waals surface area contributed by atoms with Crippen molar-refractivity contribution >= 4 is 21.9 Å². The fourth-order valence-corrected chi connectivity index (χ4v) is 2.93. The topological polar surface area (TPSA) is 39.2 Å². The lowest BCUT2D eigenvalue weighted by molar-refractivity contribution is 0.624. The van der Waals surface area contributed by atoms with Crippen LogP contribution in [-0.4, -0.2) is 4.98 Å². The lowest BCUT2D eigenvalue weighted by Gasteiger charge is -1.99. The fraction of sp³-hybridized carbons (Fsp3) is 0. The van der Waals surface area contributed by atoms with Crippen LogP contribution >= 0.6 is 0 Å². The molecular formula is C21H13NO2. The highest BCUT2D eigenvalue weighted by molar-refractivity contribution is 5.84. The molecule has 0 aliphatic heterocycles. The van der Waals surface area contributed by atoms with Gasteiger partial charge in [-0.15, -0.1) is 0 Å². The first-order chi connectivity index (χ1) is 11.9. The zero-order chi connectivity index (χ0) is 15.9. The molecule has 0 N–H and O–H groups in total. The van der Waals surface area contributed by atoms with Gasteiger partial charge in [-0.05, 0) is 36.4 Å². The Morgan fingerprint density at radius 3 is 1.54 bits per heavy atom. The molecule has 24 heavy (non-hydrogen) atoms. The summed E-state index contributed by atoms with van der Waals surface area (Å²) in [6.07, 6.45) is 0. The van der Waals surface area contributed by atoms with Gasteiger partial charge in [0.05, 0.1) is 0 Å². The molecule has 0 radical (unpaired) electrons. The number of benzene rings is 2. The summed E-state index contributed by atoms with van der Waals surface area (Å²) < 4.78 is 11.8. The zero-order valence-electron chi connectivity index (χ0n) is 12.8. The summed E-state index contributed by atoms with van der Waals surface area (Å²) in [5, 5.41) is 2.15. The van der Waals surface area contributed by atoms with Crippen LogP contribution in [0.5, 0.6) is 0 Å². The van der Waals surface area contributed by atoms with Gasteiger partial charge in [0.25, 0.3) is 0 Å². The third kappa shape index (κ3) is 2.10. The zero-order valence-corrected chi connectivity index (χ0v) is 12.8. The molecule has 3 aromatic heterocycles. The van der Waals surface area contributed by atoms with Gasteiger partial charge in [-0.1, -0.05) is 42.5 Å². The number of hydrogen-bond acceptors (Lipinski definition) is 3. The van der Waals surface area contributed by atoms with E-state index in [1.807, 2.05) is 78.9 Å². The normalized spacial score (nSPS) is 11.3. The molecule has 0 fully saturated rings. The minimum Gasteiger partial charge on any atom is -0.454 e. The van der Waals surface area contributed by atoms with Crippen molar-refractivity contribution in [2.45, 2.75) is 0 Å². The van der Waals surface area contributed by atoms with E-state index in [4.69, 9.17) is 13.8 Å². The molecule has 0 aliphatic rings. The Labute approximate surface area is 138 Å². The summed E-state index contributed by atoms with van der Waals surface area (Å²) in [7, 11) is 0. The van der Waals surface area contributed by atoms with Crippen molar-refractivity contribution in [3.8, 4) is 22.9 Å². The molecule has 5 rings (SSSR count). The van der Waals surface area contributed by atoms with E-state index in [0.717, 1.165) is 44.8 Å². The highest BCUT2D eigenvalue weighted by Crippen LogP contribution is 2.30. The number of fused-ring (bicyclic) bond motifs is 2. The van der Waals surface area contributed by atoms with Crippen molar-refractivity contribution in [2.75, 3.05) is 0 Å². The second-order valence-electron chi connectivity index (χ2n) is 5.71. The molecule has 0 amide bonds. The predicted molar refractivity (Wildman–Crippen MR) is 94.7 cm³/mol. The molecule has 0 bridgehead atoms. The van der Waals surface area contributed by atoms with Gasteiger partial charge in [0, 0.05) is 10.8 Å². The van der Waals surface area contributed by atoms with Crippen molar-refractivity contribution in [3.63, 3.8) is 0 Å². The number of nitrogens with zero attached hydrogens (tertiary/aromatic N) is 1. The second-order valence-corrected chi connectivity index (χ2v) is 5.71. The summed E-state index contributed by atoms with van der Waals surface area (Å²) in [5.41, 5.74) is 3.32. The maximum absolute atomic E-state index is 5.91. The first-order valence-corrected chi connectivity index (χ1v) is 7.82.